The third-order valence-corrected chi connectivity index (χ3v) is 6.75. The van der Waals surface area contributed by atoms with Gasteiger partial charge in [-0.25, -0.2) is 0 Å². The molecule has 1 fully saturated rings. The van der Waals surface area contributed by atoms with Crippen LogP contribution in [0.15, 0.2) is 29.6 Å². The van der Waals surface area contributed by atoms with E-state index in [1.54, 1.807) is 4.90 Å². The highest BCUT2D eigenvalue weighted by molar-refractivity contribution is 7.10. The molecule has 3 rings (SSSR count). The van der Waals surface area contributed by atoms with Crippen molar-refractivity contribution < 1.29 is 10.0 Å². The molecule has 0 unspecified atom stereocenters. The first-order valence-electron chi connectivity index (χ1n) is 10.3. The van der Waals surface area contributed by atoms with Gasteiger partial charge < -0.3 is 10.0 Å². The number of hydrogen-bond acceptors (Lipinski definition) is 2. The maximum atomic E-state index is 11.1. The molecule has 27 heavy (non-hydrogen) atoms. The molecule has 0 radical (unpaired) electrons. The Morgan fingerprint density at radius 2 is 1.48 bits per heavy atom. The maximum absolute atomic E-state index is 11.1. The molecule has 3 heteroatoms. The summed E-state index contributed by atoms with van der Waals surface area (Å²) in [5, 5.41) is 13.3. The Balaban J connectivity index is 2.19. The lowest BCUT2D eigenvalue weighted by atomic mass is 9.77. The minimum absolute atomic E-state index is 0.0860. The first-order valence-corrected chi connectivity index (χ1v) is 11.2. The smallest absolute Gasteiger partial charge is 0.148 e. The van der Waals surface area contributed by atoms with Gasteiger partial charge in [-0.15, -0.1) is 11.3 Å². The molecular formula is C24H36NOS+. The van der Waals surface area contributed by atoms with Gasteiger partial charge in [0.2, 0.25) is 0 Å². The number of rotatable bonds is 3. The molecule has 0 spiro atoms. The van der Waals surface area contributed by atoms with Crippen LogP contribution in [-0.2, 0) is 10.8 Å². The van der Waals surface area contributed by atoms with Gasteiger partial charge in [-0.1, -0.05) is 47.6 Å². The van der Waals surface area contributed by atoms with E-state index in [1.807, 2.05) is 11.3 Å². The number of thiophene rings is 1. The number of phenolic OH excluding ortho intramolecular Hbond substituents is 1. The lowest BCUT2D eigenvalue weighted by molar-refractivity contribution is -0.929. The molecular weight excluding hydrogens is 350 g/mol. The van der Waals surface area contributed by atoms with Crippen LogP contribution in [0.3, 0.4) is 0 Å². The Bertz CT molecular complexity index is 724. The van der Waals surface area contributed by atoms with Gasteiger partial charge in [-0.2, -0.15) is 0 Å². The summed E-state index contributed by atoms with van der Waals surface area (Å²) in [7, 11) is 0. The summed E-state index contributed by atoms with van der Waals surface area (Å²) in [4.78, 5) is 3.12. The Morgan fingerprint density at radius 3 is 1.93 bits per heavy atom. The van der Waals surface area contributed by atoms with Crippen molar-refractivity contribution in [1.29, 1.82) is 0 Å². The van der Waals surface area contributed by atoms with Crippen LogP contribution in [0.5, 0.6) is 5.75 Å². The second-order valence-electron chi connectivity index (χ2n) is 10.1. The van der Waals surface area contributed by atoms with Crippen molar-refractivity contribution in [2.45, 2.75) is 77.7 Å². The van der Waals surface area contributed by atoms with Crippen molar-refractivity contribution in [2.24, 2.45) is 0 Å². The van der Waals surface area contributed by atoms with E-state index < -0.39 is 0 Å². The van der Waals surface area contributed by atoms with Gasteiger partial charge in [-0.3, -0.25) is 0 Å². The zero-order valence-corrected chi connectivity index (χ0v) is 18.7. The molecule has 1 aliphatic rings. The van der Waals surface area contributed by atoms with Gasteiger partial charge in [-0.05, 0) is 53.7 Å². The van der Waals surface area contributed by atoms with Crippen LogP contribution in [0.4, 0.5) is 0 Å². The van der Waals surface area contributed by atoms with Crippen LogP contribution >= 0.6 is 11.3 Å². The summed E-state index contributed by atoms with van der Waals surface area (Å²) in [6, 6.07) is 9.41. The van der Waals surface area contributed by atoms with Crippen LogP contribution in [0, 0.1) is 0 Å². The summed E-state index contributed by atoms with van der Waals surface area (Å²) in [6.07, 6.45) is 3.98. The van der Waals surface area contributed by atoms with Crippen molar-refractivity contribution in [3.8, 4) is 5.75 Å². The number of likely N-dealkylation sites (tertiary alicyclic amines) is 1. The van der Waals surface area contributed by atoms with Crippen molar-refractivity contribution >= 4 is 11.3 Å². The van der Waals surface area contributed by atoms with Crippen LogP contribution < -0.4 is 4.90 Å². The summed E-state index contributed by atoms with van der Waals surface area (Å²) < 4.78 is 0. The fourth-order valence-electron chi connectivity index (χ4n) is 4.32. The van der Waals surface area contributed by atoms with Crippen LogP contribution in [0.2, 0.25) is 0 Å². The van der Waals surface area contributed by atoms with E-state index in [-0.39, 0.29) is 10.8 Å². The van der Waals surface area contributed by atoms with Crippen LogP contribution in [0.25, 0.3) is 0 Å². The van der Waals surface area contributed by atoms with E-state index in [4.69, 9.17) is 0 Å². The minimum atomic E-state index is -0.0860. The summed E-state index contributed by atoms with van der Waals surface area (Å²) in [6.45, 7) is 15.7. The molecule has 2 heterocycles. The van der Waals surface area contributed by atoms with Crippen molar-refractivity contribution in [3.63, 3.8) is 0 Å². The highest BCUT2D eigenvalue weighted by atomic mass is 32.1. The molecule has 2 nitrogen and oxygen atoms in total. The number of benzene rings is 1. The number of quaternary nitrogens is 1. The number of hydrogen-bond donors (Lipinski definition) is 2. The van der Waals surface area contributed by atoms with Crippen molar-refractivity contribution in [1.82, 2.24) is 0 Å². The molecule has 1 saturated heterocycles. The number of phenols is 1. The molecule has 1 aromatic heterocycles. The third kappa shape index (κ3) is 4.41. The lowest BCUT2D eigenvalue weighted by Gasteiger charge is -2.34. The molecule has 2 aromatic rings. The Morgan fingerprint density at radius 1 is 0.926 bits per heavy atom. The van der Waals surface area contributed by atoms with E-state index in [0.717, 1.165) is 11.1 Å². The molecule has 0 aliphatic carbocycles. The molecule has 0 amide bonds. The summed E-state index contributed by atoms with van der Waals surface area (Å²) in [5.41, 5.74) is 3.34. The predicted molar refractivity (Wildman–Crippen MR) is 116 cm³/mol. The maximum Gasteiger partial charge on any atom is 0.148 e. The highest BCUT2D eigenvalue weighted by Crippen LogP contribution is 2.41. The van der Waals surface area contributed by atoms with Gasteiger partial charge in [0.05, 0.1) is 18.0 Å². The number of piperidine rings is 1. The highest BCUT2D eigenvalue weighted by Gasteiger charge is 2.33. The summed E-state index contributed by atoms with van der Waals surface area (Å²) in [5.74, 6) is 0.484. The molecule has 1 atom stereocenters. The average Bonchev–Trinajstić information content (AvgIpc) is 3.09. The number of nitrogens with one attached hydrogen (secondary N) is 1. The standard InChI is InChI=1S/C24H35NOS/c1-23(2,3)18-15-17(16-19(22(18)26)24(4,5)6)21(20-11-10-14-27-20)25-12-8-7-9-13-25/h10-11,14-16,21,26H,7-9,12-13H2,1-6H3/p+1/t21-/m1/s1. The summed E-state index contributed by atoms with van der Waals surface area (Å²) >= 11 is 1.87. The predicted octanol–water partition coefficient (Wildman–Crippen LogP) is 5.21. The average molecular weight is 387 g/mol. The molecule has 1 aliphatic heterocycles. The Labute approximate surface area is 169 Å². The van der Waals surface area contributed by atoms with E-state index in [9.17, 15) is 5.11 Å². The van der Waals surface area contributed by atoms with Crippen LogP contribution in [-0.4, -0.2) is 18.2 Å². The fraction of sp³-hybridized carbons (Fsp3) is 0.583. The largest absolute Gasteiger partial charge is 0.507 e. The third-order valence-electron chi connectivity index (χ3n) is 5.81. The van der Waals surface area contributed by atoms with Gasteiger partial charge >= 0.3 is 0 Å². The lowest BCUT2D eigenvalue weighted by Crippen LogP contribution is -3.13. The van der Waals surface area contributed by atoms with E-state index in [0.29, 0.717) is 11.8 Å². The minimum Gasteiger partial charge on any atom is -0.507 e. The fourth-order valence-corrected chi connectivity index (χ4v) is 5.23. The van der Waals surface area contributed by atoms with Gasteiger partial charge in [0, 0.05) is 16.7 Å². The monoisotopic (exact) mass is 386 g/mol. The molecule has 1 aromatic carbocycles. The molecule has 148 valence electrons. The molecule has 0 saturated carbocycles. The van der Waals surface area contributed by atoms with E-state index in [2.05, 4.69) is 71.2 Å². The Kier molecular flexibility index (Phi) is 5.74. The van der Waals surface area contributed by atoms with Crippen LogP contribution in [0.1, 0.15) is 88.4 Å². The second-order valence-corrected chi connectivity index (χ2v) is 11.1. The van der Waals surface area contributed by atoms with Gasteiger partial charge in [0.1, 0.15) is 11.8 Å². The second kappa shape index (κ2) is 7.60. The van der Waals surface area contributed by atoms with E-state index in [1.165, 1.54) is 42.8 Å². The molecule has 2 N–H and O–H groups in total. The van der Waals surface area contributed by atoms with Crippen molar-refractivity contribution in [3.05, 3.63) is 51.2 Å². The van der Waals surface area contributed by atoms with E-state index >= 15 is 0 Å². The Hall–Kier alpha value is -1.32. The zero-order chi connectivity index (χ0) is 19.8. The van der Waals surface area contributed by atoms with Gasteiger partial charge in [0.15, 0.2) is 0 Å². The van der Waals surface area contributed by atoms with Crippen molar-refractivity contribution in [2.75, 3.05) is 13.1 Å². The number of aromatic hydroxyl groups is 1. The first-order chi connectivity index (χ1) is 12.6. The normalized spacial score (nSPS) is 17.9. The SMILES string of the molecule is CC(C)(C)c1cc([C@H](c2cccs2)[NH+]2CCCCC2)cc(C(C)(C)C)c1O. The molecule has 0 bridgehead atoms. The topological polar surface area (TPSA) is 24.7 Å². The zero-order valence-electron chi connectivity index (χ0n) is 17.9. The first kappa shape index (κ1) is 20.4. The quantitative estimate of drug-likeness (QED) is 0.744. The van der Waals surface area contributed by atoms with Gasteiger partial charge in [0.25, 0.3) is 0 Å².